The van der Waals surface area contributed by atoms with Crippen LogP contribution in [0.4, 0.5) is 11.5 Å². The lowest BCUT2D eigenvalue weighted by Gasteiger charge is -2.35. The number of hydrogen-bond donors (Lipinski definition) is 1. The van der Waals surface area contributed by atoms with Crippen LogP contribution in [0.15, 0.2) is 90.0 Å². The Morgan fingerprint density at radius 3 is 2.71 bits per heavy atom. The molecular formula is C36H33N11O2. The summed E-state index contributed by atoms with van der Waals surface area (Å²) in [5.41, 5.74) is 8.57. The third-order valence-corrected chi connectivity index (χ3v) is 9.39. The number of piperazine rings is 1. The highest BCUT2D eigenvalue weighted by molar-refractivity contribution is 6.05. The number of amides is 1. The lowest BCUT2D eigenvalue weighted by Crippen LogP contribution is -2.49. The average Bonchev–Trinajstić information content (AvgIpc) is 3.95. The first-order chi connectivity index (χ1) is 24.2. The molecule has 0 radical (unpaired) electrons. The molecule has 2 aliphatic heterocycles. The fourth-order valence-corrected chi connectivity index (χ4v) is 6.92. The summed E-state index contributed by atoms with van der Waals surface area (Å²) in [7, 11) is 0. The highest BCUT2D eigenvalue weighted by atomic mass is 16.3. The van der Waals surface area contributed by atoms with Gasteiger partial charge < -0.3 is 19.5 Å². The Morgan fingerprint density at radius 1 is 0.939 bits per heavy atom. The van der Waals surface area contributed by atoms with Crippen molar-refractivity contribution < 1.29 is 9.21 Å². The molecule has 7 heterocycles. The number of carbonyl (C=O) groups excluding carboxylic acids is 1. The second kappa shape index (κ2) is 12.2. The van der Waals surface area contributed by atoms with Crippen LogP contribution in [0.25, 0.3) is 33.3 Å². The molecule has 9 rings (SSSR count). The molecule has 0 saturated carbocycles. The second-order valence-corrected chi connectivity index (χ2v) is 12.4. The minimum absolute atomic E-state index is 0.0164. The molecule has 13 nitrogen and oxygen atoms in total. The van der Waals surface area contributed by atoms with Gasteiger partial charge in [-0.05, 0) is 54.8 Å². The zero-order valence-electron chi connectivity index (χ0n) is 26.7. The monoisotopic (exact) mass is 651 g/mol. The summed E-state index contributed by atoms with van der Waals surface area (Å²) in [6.45, 7) is 4.27. The zero-order valence-corrected chi connectivity index (χ0v) is 26.7. The van der Waals surface area contributed by atoms with Crippen molar-refractivity contribution in [3.8, 4) is 11.3 Å². The number of furan rings is 1. The highest BCUT2D eigenvalue weighted by Gasteiger charge is 2.32. The van der Waals surface area contributed by atoms with Crippen molar-refractivity contribution in [1.29, 1.82) is 0 Å². The number of aryl methyl sites for hydroxylation is 1. The topological polar surface area (TPSA) is 136 Å². The number of nitrogens with zero attached hydrogens (tertiary/aromatic N) is 10. The summed E-state index contributed by atoms with van der Waals surface area (Å²) in [5.74, 6) is 0.778. The van der Waals surface area contributed by atoms with Crippen LogP contribution in [-0.2, 0) is 26.1 Å². The lowest BCUT2D eigenvalue weighted by molar-refractivity contribution is 0.0744. The normalized spacial score (nSPS) is 14.5. The summed E-state index contributed by atoms with van der Waals surface area (Å²) in [4.78, 5) is 31.5. The van der Waals surface area contributed by atoms with Crippen molar-refractivity contribution in [2.75, 3.05) is 36.4 Å². The van der Waals surface area contributed by atoms with E-state index in [4.69, 9.17) is 9.52 Å². The molecule has 5 aromatic heterocycles. The van der Waals surface area contributed by atoms with Crippen molar-refractivity contribution in [2.45, 2.75) is 32.5 Å². The predicted octanol–water partition coefficient (Wildman–Crippen LogP) is 4.80. The molecule has 2 aliphatic rings. The van der Waals surface area contributed by atoms with E-state index >= 15 is 0 Å². The Labute approximate surface area is 281 Å². The molecule has 1 amide bonds. The molecule has 1 saturated heterocycles. The average molecular weight is 652 g/mol. The number of nitrogens with one attached hydrogen (secondary N) is 1. The Balaban J connectivity index is 0.911. The largest absolute Gasteiger partial charge is 0.450 e. The first-order valence-corrected chi connectivity index (χ1v) is 16.6. The van der Waals surface area contributed by atoms with E-state index in [-0.39, 0.29) is 5.91 Å². The van der Waals surface area contributed by atoms with Gasteiger partial charge in [-0.25, -0.2) is 14.6 Å². The smallest absolute Gasteiger partial charge is 0.257 e. The number of hydrogen-bond acceptors (Lipinski definition) is 10. The van der Waals surface area contributed by atoms with Crippen LogP contribution in [0, 0.1) is 0 Å². The molecule has 2 aromatic carbocycles. The fourth-order valence-electron chi connectivity index (χ4n) is 6.92. The molecule has 49 heavy (non-hydrogen) atoms. The fraction of sp³-hybridized carbons (Fsp3) is 0.250. The van der Waals surface area contributed by atoms with Gasteiger partial charge in [-0.1, -0.05) is 29.5 Å². The van der Waals surface area contributed by atoms with Crippen LogP contribution in [0.1, 0.15) is 33.7 Å². The van der Waals surface area contributed by atoms with Crippen LogP contribution in [-0.4, -0.2) is 76.7 Å². The number of aromatic nitrogens is 8. The maximum Gasteiger partial charge on any atom is 0.257 e. The SMILES string of the molecule is O=C(c1c(Cn2cc(-c3cccc(NCc4ccncc4)c3)nn2)nn2c1CCC2)N1CCN(c2ncnc3c2oc2ccccc23)CC1. The minimum Gasteiger partial charge on any atom is -0.450 e. The van der Waals surface area contributed by atoms with Crippen molar-refractivity contribution in [3.05, 3.63) is 108 Å². The Morgan fingerprint density at radius 2 is 1.82 bits per heavy atom. The zero-order chi connectivity index (χ0) is 32.7. The molecule has 0 unspecified atom stereocenters. The van der Waals surface area contributed by atoms with E-state index in [1.54, 1.807) is 23.4 Å². The molecule has 13 heteroatoms. The quantitative estimate of drug-likeness (QED) is 0.244. The van der Waals surface area contributed by atoms with Gasteiger partial charge in [-0.2, -0.15) is 5.10 Å². The number of pyridine rings is 1. The molecule has 0 spiro atoms. The Kier molecular flexibility index (Phi) is 7.21. The first-order valence-electron chi connectivity index (χ1n) is 16.6. The molecule has 7 aromatic rings. The summed E-state index contributed by atoms with van der Waals surface area (Å²) < 4.78 is 9.94. The van der Waals surface area contributed by atoms with E-state index < -0.39 is 0 Å². The molecule has 1 N–H and O–H groups in total. The third kappa shape index (κ3) is 5.42. The van der Waals surface area contributed by atoms with E-state index in [1.807, 2.05) is 70.4 Å². The lowest BCUT2D eigenvalue weighted by atomic mass is 10.1. The van der Waals surface area contributed by atoms with Gasteiger partial charge in [0.15, 0.2) is 11.4 Å². The highest BCUT2D eigenvalue weighted by Crippen LogP contribution is 2.33. The van der Waals surface area contributed by atoms with Gasteiger partial charge in [-0.15, -0.1) is 5.10 Å². The standard InChI is InChI=1S/C36H33N11O2/c48-36(45-17-15-44(16-18-45)35-34-33(39-23-40-35)27-7-1-2-9-31(27)49-34)32-29(42-47-14-4-8-30(32)47)22-46-21-28(41-43-46)25-5-3-6-26(19-25)38-20-24-10-12-37-13-11-24/h1-3,5-7,9-13,19,21,23,38H,4,8,14-18,20,22H2. The molecular weight excluding hydrogens is 618 g/mol. The Bertz CT molecular complexity index is 2300. The minimum atomic E-state index is 0.0164. The molecule has 0 bridgehead atoms. The molecule has 1 fully saturated rings. The van der Waals surface area contributed by atoms with Gasteiger partial charge in [-0.3, -0.25) is 14.5 Å². The van der Waals surface area contributed by atoms with E-state index in [9.17, 15) is 4.79 Å². The number of fused-ring (bicyclic) bond motifs is 4. The second-order valence-electron chi connectivity index (χ2n) is 12.4. The van der Waals surface area contributed by atoms with Gasteiger partial charge >= 0.3 is 0 Å². The first kappa shape index (κ1) is 29.1. The van der Waals surface area contributed by atoms with Crippen LogP contribution < -0.4 is 10.2 Å². The van der Waals surface area contributed by atoms with Crippen LogP contribution in [0.2, 0.25) is 0 Å². The number of carbonyl (C=O) groups is 1. The van der Waals surface area contributed by atoms with Crippen molar-refractivity contribution in [3.63, 3.8) is 0 Å². The van der Waals surface area contributed by atoms with Gasteiger partial charge in [0.2, 0.25) is 0 Å². The van der Waals surface area contributed by atoms with Crippen LogP contribution >= 0.6 is 0 Å². The third-order valence-electron chi connectivity index (χ3n) is 9.39. The summed E-state index contributed by atoms with van der Waals surface area (Å²) in [6.07, 6.45) is 8.91. The van der Waals surface area contributed by atoms with Crippen LogP contribution in [0.5, 0.6) is 0 Å². The van der Waals surface area contributed by atoms with Gasteiger partial charge in [0.05, 0.1) is 29.7 Å². The molecule has 244 valence electrons. The number of para-hydroxylation sites is 1. The summed E-state index contributed by atoms with van der Waals surface area (Å²) in [6, 6.07) is 20.0. The number of rotatable bonds is 8. The molecule has 0 aliphatic carbocycles. The maximum absolute atomic E-state index is 14.2. The maximum atomic E-state index is 14.2. The number of benzene rings is 2. The van der Waals surface area contributed by atoms with E-state index in [0.717, 1.165) is 75.6 Å². The van der Waals surface area contributed by atoms with Crippen molar-refractivity contribution >= 4 is 39.5 Å². The summed E-state index contributed by atoms with van der Waals surface area (Å²) in [5, 5.41) is 18.2. The van der Waals surface area contributed by atoms with Gasteiger partial charge in [0.25, 0.3) is 5.91 Å². The molecule has 0 atom stereocenters. The summed E-state index contributed by atoms with van der Waals surface area (Å²) >= 11 is 0. The number of anilines is 2. The van der Waals surface area contributed by atoms with E-state index in [0.29, 0.717) is 50.4 Å². The Hall–Kier alpha value is -6.11. The predicted molar refractivity (Wildman–Crippen MR) is 184 cm³/mol. The van der Waals surface area contributed by atoms with Gasteiger partial charge in [0, 0.05) is 68.3 Å². The van der Waals surface area contributed by atoms with Gasteiger partial charge in [0.1, 0.15) is 23.1 Å². The van der Waals surface area contributed by atoms with E-state index in [2.05, 4.69) is 41.5 Å². The van der Waals surface area contributed by atoms with Crippen molar-refractivity contribution in [1.82, 2.24) is 44.6 Å². The van der Waals surface area contributed by atoms with Crippen molar-refractivity contribution in [2.24, 2.45) is 0 Å². The van der Waals surface area contributed by atoms with Crippen LogP contribution in [0.3, 0.4) is 0 Å². The van der Waals surface area contributed by atoms with E-state index in [1.165, 1.54) is 0 Å².